The van der Waals surface area contributed by atoms with Crippen molar-refractivity contribution in [3.63, 3.8) is 0 Å². The van der Waals surface area contributed by atoms with Gasteiger partial charge in [0.25, 0.3) is 0 Å². The van der Waals surface area contributed by atoms with Crippen molar-refractivity contribution in [1.82, 2.24) is 0 Å². The number of hydrogen-bond acceptors (Lipinski definition) is 5. The van der Waals surface area contributed by atoms with Crippen molar-refractivity contribution in [2.45, 2.75) is 0 Å². The molecule has 0 aromatic heterocycles. The van der Waals surface area contributed by atoms with E-state index in [2.05, 4.69) is 5.16 Å². The minimum Gasteiger partial charge on any atom is -0.504 e. The molecule has 20 heavy (non-hydrogen) atoms. The van der Waals surface area contributed by atoms with Crippen molar-refractivity contribution in [3.8, 4) is 17.2 Å². The molecule has 0 aliphatic carbocycles. The van der Waals surface area contributed by atoms with Crippen LogP contribution in [0.4, 0.5) is 0 Å². The second-order valence-electron chi connectivity index (χ2n) is 4.03. The van der Waals surface area contributed by atoms with Crippen LogP contribution in [0.1, 0.15) is 11.1 Å². The van der Waals surface area contributed by atoms with Crippen LogP contribution in [0.25, 0.3) is 0 Å². The molecule has 0 fully saturated rings. The van der Waals surface area contributed by atoms with Gasteiger partial charge in [-0.05, 0) is 36.4 Å². The number of ether oxygens (including phenoxy) is 2. The molecule has 2 aromatic rings. The third-order valence-electron chi connectivity index (χ3n) is 2.94. The van der Waals surface area contributed by atoms with E-state index in [1.54, 1.807) is 49.6 Å². The van der Waals surface area contributed by atoms with Gasteiger partial charge in [0, 0.05) is 11.1 Å². The van der Waals surface area contributed by atoms with Crippen LogP contribution < -0.4 is 9.47 Å². The minimum absolute atomic E-state index is 0.0707. The average molecular weight is 273 g/mol. The first-order valence-corrected chi connectivity index (χ1v) is 5.94. The first-order valence-electron chi connectivity index (χ1n) is 5.94. The lowest BCUT2D eigenvalue weighted by Crippen LogP contribution is -2.04. The van der Waals surface area contributed by atoms with Crippen LogP contribution >= 0.6 is 0 Å². The largest absolute Gasteiger partial charge is 0.504 e. The zero-order valence-corrected chi connectivity index (χ0v) is 11.2. The van der Waals surface area contributed by atoms with Gasteiger partial charge in [0.1, 0.15) is 11.5 Å². The van der Waals surface area contributed by atoms with Gasteiger partial charge in [0.05, 0.1) is 14.2 Å². The molecule has 5 nitrogen and oxygen atoms in total. The van der Waals surface area contributed by atoms with Crippen LogP contribution in [-0.4, -0.2) is 30.2 Å². The van der Waals surface area contributed by atoms with Crippen molar-refractivity contribution < 1.29 is 19.8 Å². The second-order valence-corrected chi connectivity index (χ2v) is 4.03. The molecular weight excluding hydrogens is 258 g/mol. The van der Waals surface area contributed by atoms with Crippen LogP contribution in [0.3, 0.4) is 0 Å². The van der Waals surface area contributed by atoms with Gasteiger partial charge in [-0.1, -0.05) is 11.2 Å². The topological polar surface area (TPSA) is 71.3 Å². The minimum atomic E-state index is -0.0707. The summed E-state index contributed by atoms with van der Waals surface area (Å²) < 4.78 is 10.1. The van der Waals surface area contributed by atoms with E-state index in [4.69, 9.17) is 9.47 Å². The summed E-state index contributed by atoms with van der Waals surface area (Å²) in [6.07, 6.45) is 0. The molecule has 2 rings (SSSR count). The number of aromatic hydroxyl groups is 1. The fourth-order valence-corrected chi connectivity index (χ4v) is 1.89. The Hall–Kier alpha value is -2.69. The maximum absolute atomic E-state index is 10.1. The van der Waals surface area contributed by atoms with Crippen LogP contribution in [0.15, 0.2) is 47.6 Å². The number of phenols is 1. The summed E-state index contributed by atoms with van der Waals surface area (Å²) in [6.45, 7) is 0. The van der Waals surface area contributed by atoms with Crippen molar-refractivity contribution in [2.24, 2.45) is 5.16 Å². The molecule has 5 heteroatoms. The van der Waals surface area contributed by atoms with E-state index in [-0.39, 0.29) is 11.5 Å². The van der Waals surface area contributed by atoms with Gasteiger partial charge in [-0.25, -0.2) is 0 Å². The van der Waals surface area contributed by atoms with Gasteiger partial charge >= 0.3 is 0 Å². The summed E-state index contributed by atoms with van der Waals surface area (Å²) in [5.74, 6) is 0.941. The number of rotatable bonds is 4. The SMILES string of the molecule is COc1ccc(/C(=N\O)c2cccc(OC)c2O)cc1. The van der Waals surface area contributed by atoms with Crippen molar-refractivity contribution in [1.29, 1.82) is 0 Å². The number of hydrogen-bond donors (Lipinski definition) is 2. The molecule has 0 aliphatic heterocycles. The molecule has 104 valence electrons. The summed E-state index contributed by atoms with van der Waals surface area (Å²) in [4.78, 5) is 0. The Labute approximate surface area is 116 Å². The summed E-state index contributed by atoms with van der Waals surface area (Å²) in [5.41, 5.74) is 1.29. The lowest BCUT2D eigenvalue weighted by Gasteiger charge is -2.10. The maximum atomic E-state index is 10.1. The molecule has 0 atom stereocenters. The predicted octanol–water partition coefficient (Wildman–Crippen LogP) is 2.64. The third-order valence-corrected chi connectivity index (χ3v) is 2.94. The molecule has 0 amide bonds. The van der Waals surface area contributed by atoms with Crippen LogP contribution in [-0.2, 0) is 0 Å². The lowest BCUT2D eigenvalue weighted by molar-refractivity contribution is 0.319. The van der Waals surface area contributed by atoms with E-state index in [1.807, 2.05) is 0 Å². The molecule has 0 saturated heterocycles. The van der Waals surface area contributed by atoms with Crippen molar-refractivity contribution in [2.75, 3.05) is 14.2 Å². The zero-order valence-electron chi connectivity index (χ0n) is 11.2. The number of methoxy groups -OCH3 is 2. The normalized spacial score (nSPS) is 11.2. The smallest absolute Gasteiger partial charge is 0.167 e. The Morgan fingerprint density at radius 3 is 2.25 bits per heavy atom. The van der Waals surface area contributed by atoms with Gasteiger partial charge in [0.2, 0.25) is 0 Å². The van der Waals surface area contributed by atoms with Crippen LogP contribution in [0, 0.1) is 0 Å². The predicted molar refractivity (Wildman–Crippen MR) is 75.1 cm³/mol. The number of nitrogens with zero attached hydrogens (tertiary/aromatic N) is 1. The first kappa shape index (κ1) is 13.7. The van der Waals surface area contributed by atoms with Gasteiger partial charge < -0.3 is 19.8 Å². The summed E-state index contributed by atoms with van der Waals surface area (Å²) in [5, 5.41) is 22.6. The Balaban J connectivity index is 2.47. The van der Waals surface area contributed by atoms with Crippen molar-refractivity contribution >= 4 is 5.71 Å². The van der Waals surface area contributed by atoms with E-state index in [9.17, 15) is 10.3 Å². The van der Waals surface area contributed by atoms with E-state index in [1.165, 1.54) is 7.11 Å². The van der Waals surface area contributed by atoms with Crippen molar-refractivity contribution in [3.05, 3.63) is 53.6 Å². The Morgan fingerprint density at radius 1 is 1.00 bits per heavy atom. The monoisotopic (exact) mass is 273 g/mol. The quantitative estimate of drug-likeness (QED) is 0.510. The van der Waals surface area contributed by atoms with Gasteiger partial charge in [-0.15, -0.1) is 0 Å². The third kappa shape index (κ3) is 2.51. The fraction of sp³-hybridized carbons (Fsp3) is 0.133. The molecule has 0 bridgehead atoms. The number of benzene rings is 2. The van der Waals surface area contributed by atoms with Crippen LogP contribution in [0.2, 0.25) is 0 Å². The first-order chi connectivity index (χ1) is 9.71. The highest BCUT2D eigenvalue weighted by molar-refractivity contribution is 6.14. The summed E-state index contributed by atoms with van der Waals surface area (Å²) in [7, 11) is 3.03. The second kappa shape index (κ2) is 5.97. The molecule has 2 N–H and O–H groups in total. The van der Waals surface area contributed by atoms with E-state index >= 15 is 0 Å². The van der Waals surface area contributed by atoms with Gasteiger partial charge in [-0.2, -0.15) is 0 Å². The molecule has 2 aromatic carbocycles. The van der Waals surface area contributed by atoms with E-state index in [0.717, 1.165) is 0 Å². The number of para-hydroxylation sites is 1. The van der Waals surface area contributed by atoms with E-state index in [0.29, 0.717) is 22.6 Å². The molecule has 0 aliphatic rings. The molecule has 0 spiro atoms. The standard InChI is InChI=1S/C15H15NO4/c1-19-11-8-6-10(7-9-11)14(16-18)12-4-3-5-13(20-2)15(12)17/h3-9,17-18H,1-2H3/b16-14+. The highest BCUT2D eigenvalue weighted by atomic mass is 16.5. The molecular formula is C15H15NO4. The van der Waals surface area contributed by atoms with E-state index < -0.39 is 0 Å². The Morgan fingerprint density at radius 2 is 1.70 bits per heavy atom. The molecule has 0 saturated carbocycles. The molecule has 0 unspecified atom stereocenters. The Kier molecular flexibility index (Phi) is 4.10. The molecule has 0 radical (unpaired) electrons. The summed E-state index contributed by atoms with van der Waals surface area (Å²) >= 11 is 0. The zero-order chi connectivity index (χ0) is 14.5. The van der Waals surface area contributed by atoms with Gasteiger partial charge in [-0.3, -0.25) is 0 Å². The highest BCUT2D eigenvalue weighted by Gasteiger charge is 2.15. The fourth-order valence-electron chi connectivity index (χ4n) is 1.89. The average Bonchev–Trinajstić information content (AvgIpc) is 2.50. The van der Waals surface area contributed by atoms with Gasteiger partial charge in [0.15, 0.2) is 11.5 Å². The number of phenolic OH excluding ortho intramolecular Hbond substituents is 1. The Bertz CT molecular complexity index is 620. The molecule has 0 heterocycles. The summed E-state index contributed by atoms with van der Waals surface area (Å²) in [6, 6.07) is 12.0. The highest BCUT2D eigenvalue weighted by Crippen LogP contribution is 2.31. The maximum Gasteiger partial charge on any atom is 0.167 e. The lowest BCUT2D eigenvalue weighted by atomic mass is 10.0. The number of oxime groups is 1. The van der Waals surface area contributed by atoms with Crippen LogP contribution in [0.5, 0.6) is 17.2 Å².